The molecule has 0 atom stereocenters. The van der Waals surface area contributed by atoms with Crippen molar-refractivity contribution in [1.82, 2.24) is 25.4 Å². The van der Waals surface area contributed by atoms with Crippen LogP contribution in [0.5, 0.6) is 0 Å². The van der Waals surface area contributed by atoms with E-state index in [1.54, 1.807) is 13.2 Å². The summed E-state index contributed by atoms with van der Waals surface area (Å²) in [6.45, 7) is 5.65. The number of thioether (sulfide) groups is 1. The van der Waals surface area contributed by atoms with Crippen molar-refractivity contribution in [2.24, 2.45) is 5.92 Å². The number of imide groups is 1. The second-order valence-electron chi connectivity index (χ2n) is 6.72. The summed E-state index contributed by atoms with van der Waals surface area (Å²) in [5, 5.41) is 14.6. The van der Waals surface area contributed by atoms with E-state index in [9.17, 15) is 9.59 Å². The van der Waals surface area contributed by atoms with Gasteiger partial charge >= 0.3 is 6.03 Å². The molecule has 0 saturated heterocycles. The van der Waals surface area contributed by atoms with Crippen LogP contribution in [-0.2, 0) is 16.1 Å². The number of aromatic nitrogens is 3. The Morgan fingerprint density at radius 2 is 2.03 bits per heavy atom. The fourth-order valence-electron chi connectivity index (χ4n) is 2.44. The Kier molecular flexibility index (Phi) is 9.43. The smallest absolute Gasteiger partial charge is 0.321 e. The number of amides is 3. The molecule has 1 aromatic carbocycles. The highest BCUT2D eigenvalue weighted by atomic mass is 35.5. The van der Waals surface area contributed by atoms with E-state index in [0.29, 0.717) is 41.6 Å². The molecule has 2 rings (SSSR count). The topological polar surface area (TPSA) is 98.1 Å². The van der Waals surface area contributed by atoms with Crippen LogP contribution in [0.25, 0.3) is 11.4 Å². The summed E-state index contributed by atoms with van der Waals surface area (Å²) >= 11 is 7.53. The summed E-state index contributed by atoms with van der Waals surface area (Å²) in [6, 6.07) is 6.90. The summed E-state index contributed by atoms with van der Waals surface area (Å²) < 4.78 is 7.05. The first kappa shape index (κ1) is 23.2. The van der Waals surface area contributed by atoms with E-state index >= 15 is 0 Å². The minimum Gasteiger partial charge on any atom is -0.385 e. The highest BCUT2D eigenvalue weighted by Crippen LogP contribution is 2.29. The highest BCUT2D eigenvalue weighted by molar-refractivity contribution is 7.99. The molecule has 0 unspecified atom stereocenters. The first-order chi connectivity index (χ1) is 13.9. The molecule has 0 bridgehead atoms. The van der Waals surface area contributed by atoms with Gasteiger partial charge < -0.3 is 14.6 Å². The number of benzene rings is 1. The molecule has 2 aromatic rings. The number of hydrogen-bond donors (Lipinski definition) is 2. The number of rotatable bonds is 10. The van der Waals surface area contributed by atoms with Gasteiger partial charge in [0.15, 0.2) is 11.0 Å². The Bertz CT molecular complexity index is 828. The van der Waals surface area contributed by atoms with E-state index in [2.05, 4.69) is 20.8 Å². The standard InChI is InChI=1S/C19H26ClN5O3S/c1-13(2)11-21-18(27)22-16(26)12-29-19-24-23-17(25(19)9-6-10-28-3)14-7-4-5-8-15(14)20/h4-5,7-8,13H,6,9-12H2,1-3H3,(H2,21,22,26,27). The molecule has 0 aliphatic heterocycles. The molecule has 2 N–H and O–H groups in total. The van der Waals surface area contributed by atoms with Gasteiger partial charge in [-0.05, 0) is 24.5 Å². The van der Waals surface area contributed by atoms with Crippen molar-refractivity contribution >= 4 is 35.3 Å². The molecule has 0 radical (unpaired) electrons. The predicted molar refractivity (Wildman–Crippen MR) is 114 cm³/mol. The van der Waals surface area contributed by atoms with Crippen molar-refractivity contribution in [3.05, 3.63) is 29.3 Å². The zero-order chi connectivity index (χ0) is 21.2. The zero-order valence-corrected chi connectivity index (χ0v) is 18.3. The Hall–Kier alpha value is -2.10. The quantitative estimate of drug-likeness (QED) is 0.435. The third kappa shape index (κ3) is 7.34. The van der Waals surface area contributed by atoms with Gasteiger partial charge in [0, 0.05) is 32.4 Å². The van der Waals surface area contributed by atoms with Gasteiger partial charge in [0.2, 0.25) is 5.91 Å². The number of halogens is 1. The van der Waals surface area contributed by atoms with Gasteiger partial charge in [-0.15, -0.1) is 10.2 Å². The van der Waals surface area contributed by atoms with E-state index in [1.807, 2.05) is 36.6 Å². The fraction of sp³-hybridized carbons (Fsp3) is 0.474. The van der Waals surface area contributed by atoms with Crippen LogP contribution < -0.4 is 10.6 Å². The van der Waals surface area contributed by atoms with E-state index in [-0.39, 0.29) is 5.75 Å². The van der Waals surface area contributed by atoms with Gasteiger partial charge in [0.1, 0.15) is 0 Å². The predicted octanol–water partition coefficient (Wildman–Crippen LogP) is 3.21. The molecule has 29 heavy (non-hydrogen) atoms. The summed E-state index contributed by atoms with van der Waals surface area (Å²) in [7, 11) is 1.64. The molecule has 0 spiro atoms. The molecule has 1 aromatic heterocycles. The molecule has 158 valence electrons. The van der Waals surface area contributed by atoms with Crippen molar-refractivity contribution < 1.29 is 14.3 Å². The van der Waals surface area contributed by atoms with Crippen molar-refractivity contribution in [2.75, 3.05) is 26.0 Å². The van der Waals surface area contributed by atoms with Crippen molar-refractivity contribution in [1.29, 1.82) is 0 Å². The third-order valence-electron chi connectivity index (χ3n) is 3.82. The first-order valence-electron chi connectivity index (χ1n) is 9.30. The van der Waals surface area contributed by atoms with Gasteiger partial charge in [-0.2, -0.15) is 0 Å². The Balaban J connectivity index is 2.07. The van der Waals surface area contributed by atoms with Crippen molar-refractivity contribution in [3.8, 4) is 11.4 Å². The molecule has 1 heterocycles. The zero-order valence-electron chi connectivity index (χ0n) is 16.8. The molecule has 0 saturated carbocycles. The lowest BCUT2D eigenvalue weighted by Gasteiger charge is -2.11. The maximum atomic E-state index is 12.1. The number of carbonyl (C=O) groups is 2. The van der Waals surface area contributed by atoms with Gasteiger partial charge in [0.25, 0.3) is 0 Å². The summed E-state index contributed by atoms with van der Waals surface area (Å²) in [5.41, 5.74) is 0.767. The Labute approximate surface area is 179 Å². The normalized spacial score (nSPS) is 10.9. The lowest BCUT2D eigenvalue weighted by molar-refractivity contribution is -0.117. The van der Waals surface area contributed by atoms with E-state index in [0.717, 1.165) is 12.0 Å². The van der Waals surface area contributed by atoms with Crippen LogP contribution in [0.3, 0.4) is 0 Å². The first-order valence-corrected chi connectivity index (χ1v) is 10.7. The van der Waals surface area contributed by atoms with Gasteiger partial charge in [-0.25, -0.2) is 4.79 Å². The van der Waals surface area contributed by atoms with Gasteiger partial charge in [0.05, 0.1) is 10.8 Å². The maximum Gasteiger partial charge on any atom is 0.321 e. The maximum absolute atomic E-state index is 12.1. The van der Waals surface area contributed by atoms with Crippen LogP contribution in [0.15, 0.2) is 29.4 Å². The second kappa shape index (κ2) is 11.8. The molecule has 0 fully saturated rings. The number of urea groups is 1. The van der Waals surface area contributed by atoms with Crippen LogP contribution in [0.1, 0.15) is 20.3 Å². The molecule has 8 nitrogen and oxygen atoms in total. The van der Waals surface area contributed by atoms with Crippen LogP contribution in [0.4, 0.5) is 4.79 Å². The minimum atomic E-state index is -0.498. The molecule has 0 aliphatic carbocycles. The van der Waals surface area contributed by atoms with E-state index in [4.69, 9.17) is 16.3 Å². The fourth-order valence-corrected chi connectivity index (χ4v) is 3.42. The minimum absolute atomic E-state index is 0.0417. The van der Waals surface area contributed by atoms with Gasteiger partial charge in [-0.1, -0.05) is 49.3 Å². The Morgan fingerprint density at radius 3 is 2.72 bits per heavy atom. The largest absolute Gasteiger partial charge is 0.385 e. The average molecular weight is 440 g/mol. The number of nitrogens with zero attached hydrogens (tertiary/aromatic N) is 3. The van der Waals surface area contributed by atoms with Crippen LogP contribution in [0, 0.1) is 5.92 Å². The number of methoxy groups -OCH3 is 1. The van der Waals surface area contributed by atoms with Gasteiger partial charge in [-0.3, -0.25) is 10.1 Å². The summed E-state index contributed by atoms with van der Waals surface area (Å²) in [6.07, 6.45) is 0.753. The average Bonchev–Trinajstić information content (AvgIpc) is 3.08. The molecular formula is C19H26ClN5O3S. The third-order valence-corrected chi connectivity index (χ3v) is 5.11. The monoisotopic (exact) mass is 439 g/mol. The molecule has 3 amide bonds. The van der Waals surface area contributed by atoms with Crippen LogP contribution in [-0.4, -0.2) is 52.7 Å². The molecule has 0 aliphatic rings. The molecular weight excluding hydrogens is 414 g/mol. The van der Waals surface area contributed by atoms with Crippen LogP contribution in [0.2, 0.25) is 5.02 Å². The number of ether oxygens (including phenoxy) is 1. The lowest BCUT2D eigenvalue weighted by atomic mass is 10.2. The summed E-state index contributed by atoms with van der Waals surface area (Å²) in [4.78, 5) is 23.8. The number of nitrogens with one attached hydrogen (secondary N) is 2. The molecule has 10 heteroatoms. The van der Waals surface area contributed by atoms with E-state index in [1.165, 1.54) is 11.8 Å². The SMILES string of the molecule is COCCCn1c(SCC(=O)NC(=O)NCC(C)C)nnc1-c1ccccc1Cl. The lowest BCUT2D eigenvalue weighted by Crippen LogP contribution is -2.41. The summed E-state index contributed by atoms with van der Waals surface area (Å²) in [5.74, 6) is 0.574. The number of carbonyl (C=O) groups excluding carboxylic acids is 2. The Morgan fingerprint density at radius 1 is 1.28 bits per heavy atom. The van der Waals surface area contributed by atoms with Crippen molar-refractivity contribution in [2.45, 2.75) is 32.0 Å². The second-order valence-corrected chi connectivity index (χ2v) is 8.07. The number of hydrogen-bond acceptors (Lipinski definition) is 6. The highest BCUT2D eigenvalue weighted by Gasteiger charge is 2.18. The van der Waals surface area contributed by atoms with E-state index < -0.39 is 11.9 Å². The van der Waals surface area contributed by atoms with Crippen molar-refractivity contribution in [3.63, 3.8) is 0 Å². The van der Waals surface area contributed by atoms with Crippen LogP contribution >= 0.6 is 23.4 Å².